The van der Waals surface area contributed by atoms with Crippen LogP contribution in [-0.2, 0) is 0 Å². The van der Waals surface area contributed by atoms with Gasteiger partial charge in [-0.1, -0.05) is 17.7 Å². The summed E-state index contributed by atoms with van der Waals surface area (Å²) in [4.78, 5) is 1.11. The normalized spacial score (nSPS) is 12.2. The molecule has 1 aromatic carbocycles. The fourth-order valence-electron chi connectivity index (χ4n) is 2.13. The van der Waals surface area contributed by atoms with Gasteiger partial charge in [0.25, 0.3) is 0 Å². The van der Waals surface area contributed by atoms with Gasteiger partial charge in [-0.25, -0.2) is 0 Å². The van der Waals surface area contributed by atoms with E-state index in [4.69, 9.17) is 21.1 Å². The van der Waals surface area contributed by atoms with E-state index in [2.05, 4.69) is 10.7 Å². The highest BCUT2D eigenvalue weighted by molar-refractivity contribution is 7.10. The van der Waals surface area contributed by atoms with Gasteiger partial charge in [-0.05, 0) is 42.6 Å². The van der Waals surface area contributed by atoms with Gasteiger partial charge in [0.05, 0.1) is 25.3 Å². The number of hydrogen-bond donors (Lipinski definition) is 1. The number of methoxy groups -OCH3 is 2. The molecular formula is C15H18ClNO2S. The molecule has 108 valence electrons. The maximum Gasteiger partial charge on any atom is 0.161 e. The lowest BCUT2D eigenvalue weighted by molar-refractivity contribution is 0.354. The molecule has 3 nitrogen and oxygen atoms in total. The van der Waals surface area contributed by atoms with Crippen molar-refractivity contribution in [2.24, 2.45) is 0 Å². The Kier molecular flexibility index (Phi) is 4.91. The van der Waals surface area contributed by atoms with Crippen LogP contribution in [0.5, 0.6) is 11.5 Å². The van der Waals surface area contributed by atoms with Crippen molar-refractivity contribution in [3.05, 3.63) is 44.6 Å². The van der Waals surface area contributed by atoms with E-state index < -0.39 is 0 Å². The first-order valence-electron chi connectivity index (χ1n) is 6.25. The minimum Gasteiger partial charge on any atom is -0.493 e. The minimum atomic E-state index is 0.0426. The second-order valence-corrected chi connectivity index (χ2v) is 5.72. The molecule has 0 radical (unpaired) electrons. The molecule has 0 saturated heterocycles. The summed E-state index contributed by atoms with van der Waals surface area (Å²) in [5, 5.41) is 6.20. The molecule has 0 aliphatic carbocycles. The molecule has 0 fully saturated rings. The first-order valence-corrected chi connectivity index (χ1v) is 7.50. The molecule has 5 heteroatoms. The van der Waals surface area contributed by atoms with Gasteiger partial charge in [-0.3, -0.25) is 0 Å². The van der Waals surface area contributed by atoms with E-state index in [1.165, 1.54) is 0 Å². The fourth-order valence-corrected chi connectivity index (χ4v) is 3.56. The summed E-state index contributed by atoms with van der Waals surface area (Å²) in [5.74, 6) is 1.44. The number of rotatable bonds is 5. The number of hydrogen-bond acceptors (Lipinski definition) is 4. The number of thiophene rings is 1. The van der Waals surface area contributed by atoms with E-state index in [1.807, 2.05) is 32.2 Å². The molecule has 1 atom stereocenters. The average Bonchev–Trinajstić information content (AvgIpc) is 2.80. The molecule has 0 spiro atoms. The summed E-state index contributed by atoms with van der Waals surface area (Å²) in [6.45, 7) is 2.02. The van der Waals surface area contributed by atoms with Crippen LogP contribution in [0.4, 0.5) is 0 Å². The lowest BCUT2D eigenvalue weighted by atomic mass is 10.0. The molecule has 0 bridgehead atoms. The molecule has 0 aliphatic rings. The maximum atomic E-state index is 6.38. The first kappa shape index (κ1) is 15.2. The zero-order valence-electron chi connectivity index (χ0n) is 12.0. The van der Waals surface area contributed by atoms with Crippen LogP contribution in [0.15, 0.2) is 23.6 Å². The Morgan fingerprint density at radius 1 is 1.20 bits per heavy atom. The van der Waals surface area contributed by atoms with E-state index in [1.54, 1.807) is 25.6 Å². The first-order chi connectivity index (χ1) is 9.62. The van der Waals surface area contributed by atoms with Gasteiger partial charge in [0.2, 0.25) is 0 Å². The smallest absolute Gasteiger partial charge is 0.161 e. The third-order valence-corrected chi connectivity index (χ3v) is 5.00. The summed E-state index contributed by atoms with van der Waals surface area (Å²) in [6.07, 6.45) is 0. The van der Waals surface area contributed by atoms with Crippen molar-refractivity contribution < 1.29 is 9.47 Å². The Hall–Kier alpha value is -1.23. The quantitative estimate of drug-likeness (QED) is 0.904. The number of benzene rings is 1. The Morgan fingerprint density at radius 3 is 2.40 bits per heavy atom. The van der Waals surface area contributed by atoms with Gasteiger partial charge in [0, 0.05) is 4.88 Å². The fraction of sp³-hybridized carbons (Fsp3) is 0.333. The third-order valence-electron chi connectivity index (χ3n) is 3.22. The highest BCUT2D eigenvalue weighted by Crippen LogP contribution is 2.38. The number of nitrogens with one attached hydrogen (secondary N) is 1. The van der Waals surface area contributed by atoms with Crippen molar-refractivity contribution in [3.63, 3.8) is 0 Å². The molecule has 1 heterocycles. The molecule has 0 aliphatic heterocycles. The van der Waals surface area contributed by atoms with Crippen LogP contribution in [0.25, 0.3) is 0 Å². The van der Waals surface area contributed by atoms with Crippen LogP contribution < -0.4 is 14.8 Å². The summed E-state index contributed by atoms with van der Waals surface area (Å²) in [7, 11) is 5.19. The highest BCUT2D eigenvalue weighted by Gasteiger charge is 2.19. The zero-order chi connectivity index (χ0) is 14.7. The van der Waals surface area contributed by atoms with Crippen molar-refractivity contribution in [2.45, 2.75) is 13.0 Å². The number of aryl methyl sites for hydroxylation is 1. The molecule has 1 unspecified atom stereocenters. The van der Waals surface area contributed by atoms with Crippen LogP contribution in [0.1, 0.15) is 22.0 Å². The number of ether oxygens (including phenoxy) is 2. The van der Waals surface area contributed by atoms with Gasteiger partial charge in [-0.2, -0.15) is 0 Å². The molecule has 0 saturated carbocycles. The zero-order valence-corrected chi connectivity index (χ0v) is 13.6. The second kappa shape index (κ2) is 6.48. The van der Waals surface area contributed by atoms with E-state index in [9.17, 15) is 0 Å². The Labute approximate surface area is 128 Å². The van der Waals surface area contributed by atoms with Crippen molar-refractivity contribution >= 4 is 22.9 Å². The molecule has 0 amide bonds. The Bertz CT molecular complexity index is 598. The van der Waals surface area contributed by atoms with E-state index in [-0.39, 0.29) is 6.04 Å². The lowest BCUT2D eigenvalue weighted by Crippen LogP contribution is -2.17. The van der Waals surface area contributed by atoms with Gasteiger partial charge in [-0.15, -0.1) is 11.3 Å². The predicted octanol–water partition coefficient (Wildman–Crippen LogP) is 4.04. The van der Waals surface area contributed by atoms with Crippen molar-refractivity contribution in [3.8, 4) is 11.5 Å². The topological polar surface area (TPSA) is 30.5 Å². The van der Waals surface area contributed by atoms with Crippen molar-refractivity contribution in [2.75, 3.05) is 21.3 Å². The largest absolute Gasteiger partial charge is 0.493 e. The van der Waals surface area contributed by atoms with Crippen molar-refractivity contribution in [1.82, 2.24) is 5.32 Å². The van der Waals surface area contributed by atoms with Crippen LogP contribution in [-0.4, -0.2) is 21.3 Å². The average molecular weight is 312 g/mol. The van der Waals surface area contributed by atoms with Crippen LogP contribution in [0, 0.1) is 6.92 Å². The Morgan fingerprint density at radius 2 is 1.90 bits per heavy atom. The molecule has 1 aromatic heterocycles. The summed E-state index contributed by atoms with van der Waals surface area (Å²) >= 11 is 8.04. The highest BCUT2D eigenvalue weighted by atomic mass is 35.5. The molecule has 2 aromatic rings. The maximum absolute atomic E-state index is 6.38. The van der Waals surface area contributed by atoms with E-state index in [0.29, 0.717) is 0 Å². The molecule has 1 N–H and O–H groups in total. The van der Waals surface area contributed by atoms with Crippen LogP contribution >= 0.6 is 22.9 Å². The van der Waals surface area contributed by atoms with Gasteiger partial charge in [0.1, 0.15) is 0 Å². The van der Waals surface area contributed by atoms with Crippen molar-refractivity contribution in [1.29, 1.82) is 0 Å². The molecule has 20 heavy (non-hydrogen) atoms. The minimum absolute atomic E-state index is 0.0426. The Balaban J connectivity index is 2.44. The monoisotopic (exact) mass is 311 g/mol. The van der Waals surface area contributed by atoms with Gasteiger partial charge in [0.15, 0.2) is 11.5 Å². The molecule has 2 rings (SSSR count). The predicted molar refractivity (Wildman–Crippen MR) is 84.5 cm³/mol. The van der Waals surface area contributed by atoms with Crippen LogP contribution in [0.3, 0.4) is 0 Å². The number of halogens is 1. The van der Waals surface area contributed by atoms with Gasteiger partial charge >= 0.3 is 0 Å². The van der Waals surface area contributed by atoms with Gasteiger partial charge < -0.3 is 14.8 Å². The molecular weight excluding hydrogens is 294 g/mol. The standard InChI is InChI=1S/C15H18ClNO2S/c1-9-8-20-15(13(9)16)14(17-2)10-5-6-11(18-3)12(7-10)19-4/h5-8,14,17H,1-4H3. The van der Waals surface area contributed by atoms with Crippen LogP contribution in [0.2, 0.25) is 5.02 Å². The van der Waals surface area contributed by atoms with E-state index in [0.717, 1.165) is 32.5 Å². The third kappa shape index (κ3) is 2.77. The lowest BCUT2D eigenvalue weighted by Gasteiger charge is -2.18. The summed E-state index contributed by atoms with van der Waals surface area (Å²) in [6, 6.07) is 5.95. The SMILES string of the molecule is CNC(c1ccc(OC)c(OC)c1)c1scc(C)c1Cl. The summed E-state index contributed by atoms with van der Waals surface area (Å²) < 4.78 is 10.6. The van der Waals surface area contributed by atoms with E-state index >= 15 is 0 Å². The summed E-state index contributed by atoms with van der Waals surface area (Å²) in [5.41, 5.74) is 2.20. The second-order valence-electron chi connectivity index (χ2n) is 4.43.